The lowest BCUT2D eigenvalue weighted by Crippen LogP contribution is -2.39. The molecule has 5 nitrogen and oxygen atoms in total. The van der Waals surface area contributed by atoms with Gasteiger partial charge in [0.1, 0.15) is 5.82 Å². The van der Waals surface area contributed by atoms with Gasteiger partial charge >= 0.3 is 0 Å². The second-order valence-electron chi connectivity index (χ2n) is 7.28. The van der Waals surface area contributed by atoms with E-state index < -0.39 is 0 Å². The molecule has 1 heterocycles. The zero-order chi connectivity index (χ0) is 20.1. The summed E-state index contributed by atoms with van der Waals surface area (Å²) >= 11 is 0. The summed E-state index contributed by atoms with van der Waals surface area (Å²) in [6.45, 7) is 4.12. The summed E-state index contributed by atoms with van der Waals surface area (Å²) in [5, 5.41) is 11.1. The lowest BCUT2D eigenvalue weighted by atomic mass is 10.1. The van der Waals surface area contributed by atoms with Gasteiger partial charge in [-0.1, -0.05) is 42.5 Å². The van der Waals surface area contributed by atoms with Crippen LogP contribution in [0.3, 0.4) is 0 Å². The first-order valence-electron chi connectivity index (χ1n) is 10.1. The Labute approximate surface area is 170 Å². The third-order valence-corrected chi connectivity index (χ3v) is 5.18. The largest absolute Gasteiger partial charge is 0.357 e. The van der Waals surface area contributed by atoms with Crippen molar-refractivity contribution in [3.05, 3.63) is 89.5 Å². The van der Waals surface area contributed by atoms with E-state index >= 15 is 0 Å². The molecule has 3 aromatic rings. The van der Waals surface area contributed by atoms with Gasteiger partial charge in [-0.2, -0.15) is 5.10 Å². The summed E-state index contributed by atoms with van der Waals surface area (Å²) in [5.74, 6) is 0.841. The van der Waals surface area contributed by atoms with Crippen molar-refractivity contribution in [2.75, 3.05) is 6.54 Å². The molecule has 6 heteroatoms. The molecule has 2 unspecified atom stereocenters. The van der Waals surface area contributed by atoms with Crippen LogP contribution in [0.4, 0.5) is 4.39 Å². The number of guanidine groups is 1. The Kier molecular flexibility index (Phi) is 5.89. The van der Waals surface area contributed by atoms with Crippen LogP contribution in [0.2, 0.25) is 0 Å². The molecule has 1 fully saturated rings. The number of hydrogen-bond acceptors (Lipinski definition) is 2. The molecule has 1 aliphatic rings. The number of aliphatic imine (C=N–C) groups is 1. The fraction of sp³-hybridized carbons (Fsp3) is 0.304. The molecule has 1 aliphatic carbocycles. The molecule has 0 saturated heterocycles. The lowest BCUT2D eigenvalue weighted by molar-refractivity contribution is 0.607. The van der Waals surface area contributed by atoms with Crippen LogP contribution >= 0.6 is 0 Å². The second-order valence-corrected chi connectivity index (χ2v) is 7.28. The van der Waals surface area contributed by atoms with Crippen LogP contribution in [0.5, 0.6) is 0 Å². The van der Waals surface area contributed by atoms with Crippen LogP contribution in [0.1, 0.15) is 36.0 Å². The standard InChI is InChI=1S/C23H26FN5/c1-2-25-23(28-22-14-20(22)19-10-5-6-11-21(19)24)26-15-17-8-3-4-9-18(17)16-29-13-7-12-27-29/h3-13,20,22H,2,14-16H2,1H3,(H2,25,26,28). The van der Waals surface area contributed by atoms with E-state index in [-0.39, 0.29) is 17.8 Å². The maximum Gasteiger partial charge on any atom is 0.191 e. The van der Waals surface area contributed by atoms with Gasteiger partial charge in [-0.25, -0.2) is 9.38 Å². The van der Waals surface area contributed by atoms with E-state index in [2.05, 4.69) is 27.9 Å². The summed E-state index contributed by atoms with van der Waals surface area (Å²) in [4.78, 5) is 4.78. The van der Waals surface area contributed by atoms with Crippen LogP contribution in [0, 0.1) is 5.82 Å². The molecule has 2 atom stereocenters. The third-order valence-electron chi connectivity index (χ3n) is 5.18. The van der Waals surface area contributed by atoms with Crippen molar-refractivity contribution < 1.29 is 4.39 Å². The molecule has 0 spiro atoms. The Bertz CT molecular complexity index is 967. The van der Waals surface area contributed by atoms with E-state index in [0.29, 0.717) is 6.54 Å². The van der Waals surface area contributed by atoms with Crippen LogP contribution in [-0.2, 0) is 13.1 Å². The van der Waals surface area contributed by atoms with Gasteiger partial charge in [-0.3, -0.25) is 4.68 Å². The Morgan fingerprint density at radius 3 is 2.69 bits per heavy atom. The quantitative estimate of drug-likeness (QED) is 0.477. The normalized spacial score (nSPS) is 18.5. The highest BCUT2D eigenvalue weighted by molar-refractivity contribution is 5.80. The van der Waals surface area contributed by atoms with Gasteiger partial charge in [-0.15, -0.1) is 0 Å². The minimum atomic E-state index is -0.128. The highest BCUT2D eigenvalue weighted by atomic mass is 19.1. The maximum absolute atomic E-state index is 14.0. The molecule has 150 valence electrons. The van der Waals surface area contributed by atoms with Crippen molar-refractivity contribution >= 4 is 5.96 Å². The minimum Gasteiger partial charge on any atom is -0.357 e. The van der Waals surface area contributed by atoms with Crippen molar-refractivity contribution in [1.29, 1.82) is 0 Å². The van der Waals surface area contributed by atoms with Crippen LogP contribution in [0.25, 0.3) is 0 Å². The first-order chi connectivity index (χ1) is 14.2. The second kappa shape index (κ2) is 8.90. The number of aromatic nitrogens is 2. The minimum absolute atomic E-state index is 0.128. The predicted octanol–water partition coefficient (Wildman–Crippen LogP) is 3.68. The maximum atomic E-state index is 14.0. The van der Waals surface area contributed by atoms with E-state index in [1.54, 1.807) is 12.3 Å². The number of halogens is 1. The molecule has 2 N–H and O–H groups in total. The molecule has 0 amide bonds. The summed E-state index contributed by atoms with van der Waals surface area (Å²) in [5.41, 5.74) is 3.15. The van der Waals surface area contributed by atoms with Gasteiger partial charge in [0.15, 0.2) is 5.96 Å². The van der Waals surface area contributed by atoms with E-state index in [4.69, 9.17) is 4.99 Å². The number of nitrogens with one attached hydrogen (secondary N) is 2. The molecular weight excluding hydrogens is 365 g/mol. The van der Waals surface area contributed by atoms with Gasteiger partial charge in [0.2, 0.25) is 0 Å². The molecule has 0 bridgehead atoms. The molecule has 4 rings (SSSR count). The zero-order valence-corrected chi connectivity index (χ0v) is 16.6. The van der Waals surface area contributed by atoms with Gasteiger partial charge in [0.25, 0.3) is 0 Å². The Balaban J connectivity index is 1.43. The number of rotatable bonds is 7. The Morgan fingerprint density at radius 2 is 1.93 bits per heavy atom. The molecule has 29 heavy (non-hydrogen) atoms. The number of nitrogens with zero attached hydrogens (tertiary/aromatic N) is 3. The Hall–Kier alpha value is -3.15. The lowest BCUT2D eigenvalue weighted by Gasteiger charge is -2.13. The molecular formula is C23H26FN5. The fourth-order valence-corrected chi connectivity index (χ4v) is 3.57. The monoisotopic (exact) mass is 391 g/mol. The van der Waals surface area contributed by atoms with E-state index in [9.17, 15) is 4.39 Å². The van der Waals surface area contributed by atoms with Crippen molar-refractivity contribution in [3.8, 4) is 0 Å². The molecule has 0 aliphatic heterocycles. The topological polar surface area (TPSA) is 54.2 Å². The summed E-state index contributed by atoms with van der Waals surface area (Å²) < 4.78 is 15.9. The average molecular weight is 391 g/mol. The van der Waals surface area contributed by atoms with Gasteiger partial charge < -0.3 is 10.6 Å². The smallest absolute Gasteiger partial charge is 0.191 e. The molecule has 0 radical (unpaired) electrons. The van der Waals surface area contributed by atoms with Crippen molar-refractivity contribution in [2.45, 2.75) is 38.4 Å². The zero-order valence-electron chi connectivity index (χ0n) is 16.6. The van der Waals surface area contributed by atoms with Crippen LogP contribution in [0.15, 0.2) is 72.0 Å². The summed E-state index contributed by atoms with van der Waals surface area (Å²) in [6.07, 6.45) is 4.67. The predicted molar refractivity (Wildman–Crippen MR) is 113 cm³/mol. The fourth-order valence-electron chi connectivity index (χ4n) is 3.57. The summed E-state index contributed by atoms with van der Waals surface area (Å²) in [7, 11) is 0. The number of benzene rings is 2. The van der Waals surface area contributed by atoms with Crippen LogP contribution in [-0.4, -0.2) is 28.3 Å². The first-order valence-corrected chi connectivity index (χ1v) is 10.1. The van der Waals surface area contributed by atoms with Crippen LogP contribution < -0.4 is 10.6 Å². The summed E-state index contributed by atoms with van der Waals surface area (Å²) in [6, 6.07) is 17.5. The Morgan fingerprint density at radius 1 is 1.14 bits per heavy atom. The highest BCUT2D eigenvalue weighted by Crippen LogP contribution is 2.41. The average Bonchev–Trinajstić information content (AvgIpc) is 3.29. The van der Waals surface area contributed by atoms with E-state index in [1.807, 2.05) is 48.1 Å². The molecule has 1 aromatic heterocycles. The van der Waals surface area contributed by atoms with Crippen molar-refractivity contribution in [3.63, 3.8) is 0 Å². The van der Waals surface area contributed by atoms with Gasteiger partial charge in [0, 0.05) is 30.9 Å². The van der Waals surface area contributed by atoms with Crippen molar-refractivity contribution in [1.82, 2.24) is 20.4 Å². The van der Waals surface area contributed by atoms with E-state index in [0.717, 1.165) is 31.0 Å². The van der Waals surface area contributed by atoms with E-state index in [1.165, 1.54) is 17.2 Å². The van der Waals surface area contributed by atoms with Gasteiger partial charge in [-0.05, 0) is 42.2 Å². The molecule has 2 aromatic carbocycles. The third kappa shape index (κ3) is 4.83. The SMILES string of the molecule is CCNC(=NCc1ccccc1Cn1cccn1)NC1CC1c1ccccc1F. The molecule has 1 saturated carbocycles. The first kappa shape index (κ1) is 19.2. The van der Waals surface area contributed by atoms with Gasteiger partial charge in [0.05, 0.1) is 13.1 Å². The number of hydrogen-bond donors (Lipinski definition) is 2. The van der Waals surface area contributed by atoms with Crippen molar-refractivity contribution in [2.24, 2.45) is 4.99 Å². The highest BCUT2D eigenvalue weighted by Gasteiger charge is 2.40.